The summed E-state index contributed by atoms with van der Waals surface area (Å²) < 4.78 is 11.0. The van der Waals surface area contributed by atoms with E-state index < -0.39 is 5.60 Å². The van der Waals surface area contributed by atoms with E-state index in [1.165, 1.54) is 13.0 Å². The van der Waals surface area contributed by atoms with Gasteiger partial charge in [-0.3, -0.25) is 4.99 Å². The van der Waals surface area contributed by atoms with Crippen LogP contribution in [0.1, 0.15) is 60.3 Å². The van der Waals surface area contributed by atoms with Gasteiger partial charge in [0.05, 0.1) is 13.2 Å². The van der Waals surface area contributed by atoms with Gasteiger partial charge in [0, 0.05) is 51.9 Å². The summed E-state index contributed by atoms with van der Waals surface area (Å²) in [6.45, 7) is 17.7. The van der Waals surface area contributed by atoms with Crippen LogP contribution in [0.2, 0.25) is 0 Å². The Morgan fingerprint density at radius 1 is 1.19 bits per heavy atom. The number of guanidine groups is 1. The number of piperidine rings is 1. The first-order valence-electron chi connectivity index (χ1n) is 12.1. The van der Waals surface area contributed by atoms with Crippen molar-refractivity contribution in [1.82, 2.24) is 20.4 Å². The number of rotatable bonds is 9. The molecule has 0 aromatic rings. The topological polar surface area (TPSA) is 78.4 Å². The SMILES string of the molecule is CCCN(CCN=C(NCC)NC1CCN(CC2CCOC2)CC1)C(=O)OC(C)(C)C. The van der Waals surface area contributed by atoms with Crippen molar-refractivity contribution in [3.63, 3.8) is 0 Å². The monoisotopic (exact) mass is 439 g/mol. The maximum atomic E-state index is 12.4. The van der Waals surface area contributed by atoms with Crippen LogP contribution in [0.25, 0.3) is 0 Å². The van der Waals surface area contributed by atoms with Gasteiger partial charge in [-0.1, -0.05) is 6.92 Å². The molecule has 1 atom stereocenters. The molecule has 2 fully saturated rings. The van der Waals surface area contributed by atoms with Gasteiger partial charge in [0.1, 0.15) is 5.60 Å². The summed E-state index contributed by atoms with van der Waals surface area (Å²) >= 11 is 0. The fourth-order valence-corrected chi connectivity index (χ4v) is 4.04. The quantitative estimate of drug-likeness (QED) is 0.425. The highest BCUT2D eigenvalue weighted by atomic mass is 16.6. The molecule has 0 saturated carbocycles. The first kappa shape index (κ1) is 25.7. The Labute approximate surface area is 189 Å². The number of aliphatic imine (C=N–C) groups is 1. The van der Waals surface area contributed by atoms with E-state index in [0.717, 1.165) is 58.1 Å². The van der Waals surface area contributed by atoms with E-state index in [0.29, 0.717) is 31.6 Å². The van der Waals surface area contributed by atoms with Crippen LogP contribution in [0.4, 0.5) is 4.79 Å². The molecular weight excluding hydrogens is 394 g/mol. The molecule has 31 heavy (non-hydrogen) atoms. The Bertz CT molecular complexity index is 550. The minimum atomic E-state index is -0.484. The standard InChI is InChI=1S/C23H45N5O3/c1-6-12-28(22(29)31-23(3,4)5)15-11-25-21(24-7-2)26-20-8-13-27(14-9-20)17-19-10-16-30-18-19/h19-20H,6-18H2,1-5H3,(H2,24,25,26). The molecule has 1 unspecified atom stereocenters. The molecule has 1 amide bonds. The van der Waals surface area contributed by atoms with E-state index in [-0.39, 0.29) is 6.09 Å². The molecule has 0 bridgehead atoms. The van der Waals surface area contributed by atoms with Gasteiger partial charge in [-0.2, -0.15) is 0 Å². The van der Waals surface area contributed by atoms with Gasteiger partial charge >= 0.3 is 6.09 Å². The highest BCUT2D eigenvalue weighted by Gasteiger charge is 2.24. The van der Waals surface area contributed by atoms with E-state index in [1.54, 1.807) is 4.90 Å². The zero-order valence-corrected chi connectivity index (χ0v) is 20.4. The second-order valence-corrected chi connectivity index (χ2v) is 9.68. The minimum Gasteiger partial charge on any atom is -0.444 e. The molecule has 2 rings (SSSR count). The number of likely N-dealkylation sites (tertiary alicyclic amines) is 1. The second kappa shape index (κ2) is 13.1. The van der Waals surface area contributed by atoms with Crippen LogP contribution >= 0.6 is 0 Å². The fourth-order valence-electron chi connectivity index (χ4n) is 4.04. The Kier molecular flexibility index (Phi) is 10.9. The summed E-state index contributed by atoms with van der Waals surface area (Å²) in [5, 5.41) is 6.94. The molecule has 2 aliphatic heterocycles. The van der Waals surface area contributed by atoms with E-state index in [9.17, 15) is 4.79 Å². The average Bonchev–Trinajstić information content (AvgIpc) is 3.20. The van der Waals surface area contributed by atoms with Crippen molar-refractivity contribution in [3.8, 4) is 0 Å². The number of carbonyl (C=O) groups is 1. The Balaban J connectivity index is 1.79. The number of hydrogen-bond acceptors (Lipinski definition) is 5. The zero-order valence-electron chi connectivity index (χ0n) is 20.4. The van der Waals surface area contributed by atoms with Crippen LogP contribution in [0.5, 0.6) is 0 Å². The van der Waals surface area contributed by atoms with Crippen molar-refractivity contribution in [3.05, 3.63) is 0 Å². The van der Waals surface area contributed by atoms with Crippen LogP contribution in [-0.2, 0) is 9.47 Å². The smallest absolute Gasteiger partial charge is 0.410 e. The fraction of sp³-hybridized carbons (Fsp3) is 0.913. The van der Waals surface area contributed by atoms with Crippen molar-refractivity contribution < 1.29 is 14.3 Å². The maximum absolute atomic E-state index is 12.4. The van der Waals surface area contributed by atoms with Crippen molar-refractivity contribution in [2.75, 3.05) is 59.0 Å². The van der Waals surface area contributed by atoms with Gasteiger partial charge in [-0.15, -0.1) is 0 Å². The van der Waals surface area contributed by atoms with E-state index in [1.807, 2.05) is 20.8 Å². The molecule has 180 valence electrons. The lowest BCUT2D eigenvalue weighted by atomic mass is 10.0. The maximum Gasteiger partial charge on any atom is 0.410 e. The minimum absolute atomic E-state index is 0.262. The lowest BCUT2D eigenvalue weighted by Gasteiger charge is -2.34. The number of hydrogen-bond donors (Lipinski definition) is 2. The molecule has 0 aromatic heterocycles. The number of ether oxygens (including phenoxy) is 2. The summed E-state index contributed by atoms with van der Waals surface area (Å²) in [6, 6.07) is 0.437. The van der Waals surface area contributed by atoms with Gasteiger partial charge in [-0.25, -0.2) is 4.79 Å². The molecule has 0 spiro atoms. The highest BCUT2D eigenvalue weighted by molar-refractivity contribution is 5.80. The predicted octanol–water partition coefficient (Wildman–Crippen LogP) is 2.69. The summed E-state index contributed by atoms with van der Waals surface area (Å²) in [6.07, 6.45) is 4.08. The Hall–Kier alpha value is -1.54. The number of carbonyl (C=O) groups excluding carboxylic acids is 1. The van der Waals surface area contributed by atoms with E-state index >= 15 is 0 Å². The third kappa shape index (κ3) is 10.1. The highest BCUT2D eigenvalue weighted by Crippen LogP contribution is 2.17. The molecule has 2 N–H and O–H groups in total. The van der Waals surface area contributed by atoms with Gasteiger partial charge in [0.25, 0.3) is 0 Å². The van der Waals surface area contributed by atoms with Crippen LogP contribution in [-0.4, -0.2) is 92.5 Å². The van der Waals surface area contributed by atoms with E-state index in [2.05, 4.69) is 29.4 Å². The largest absolute Gasteiger partial charge is 0.444 e. The molecular formula is C23H45N5O3. The number of nitrogens with zero attached hydrogens (tertiary/aromatic N) is 3. The lowest BCUT2D eigenvalue weighted by Crippen LogP contribution is -2.49. The van der Waals surface area contributed by atoms with Gasteiger partial charge in [0.2, 0.25) is 0 Å². The van der Waals surface area contributed by atoms with Crippen molar-refractivity contribution in [2.45, 2.75) is 71.9 Å². The zero-order chi connectivity index (χ0) is 22.7. The first-order chi connectivity index (χ1) is 14.8. The summed E-state index contributed by atoms with van der Waals surface area (Å²) in [4.78, 5) is 21.5. The molecule has 8 heteroatoms. The van der Waals surface area contributed by atoms with Gasteiger partial charge in [0.15, 0.2) is 5.96 Å². The average molecular weight is 440 g/mol. The molecule has 0 aliphatic carbocycles. The van der Waals surface area contributed by atoms with Crippen LogP contribution in [0.3, 0.4) is 0 Å². The second-order valence-electron chi connectivity index (χ2n) is 9.68. The first-order valence-corrected chi connectivity index (χ1v) is 12.1. The number of nitrogens with one attached hydrogen (secondary N) is 2. The molecule has 0 aromatic carbocycles. The Morgan fingerprint density at radius 2 is 1.94 bits per heavy atom. The molecule has 2 aliphatic rings. The summed E-state index contributed by atoms with van der Waals surface area (Å²) in [5.74, 6) is 1.55. The lowest BCUT2D eigenvalue weighted by molar-refractivity contribution is 0.0256. The summed E-state index contributed by atoms with van der Waals surface area (Å²) in [7, 11) is 0. The number of amides is 1. The summed E-state index contributed by atoms with van der Waals surface area (Å²) in [5.41, 5.74) is -0.484. The van der Waals surface area contributed by atoms with Crippen LogP contribution < -0.4 is 10.6 Å². The van der Waals surface area contributed by atoms with Crippen molar-refractivity contribution >= 4 is 12.1 Å². The molecule has 8 nitrogen and oxygen atoms in total. The van der Waals surface area contributed by atoms with Crippen molar-refractivity contribution in [1.29, 1.82) is 0 Å². The molecule has 2 heterocycles. The normalized spacial score (nSPS) is 21.2. The molecule has 2 saturated heterocycles. The predicted molar refractivity (Wildman–Crippen MR) is 126 cm³/mol. The van der Waals surface area contributed by atoms with Gasteiger partial charge in [-0.05, 0) is 59.3 Å². The molecule has 0 radical (unpaired) electrons. The van der Waals surface area contributed by atoms with E-state index in [4.69, 9.17) is 14.5 Å². The third-order valence-electron chi connectivity index (χ3n) is 5.60. The van der Waals surface area contributed by atoms with Gasteiger partial charge < -0.3 is 29.9 Å². The third-order valence-corrected chi connectivity index (χ3v) is 5.60. The van der Waals surface area contributed by atoms with Crippen LogP contribution in [0, 0.1) is 5.92 Å². The Morgan fingerprint density at radius 3 is 2.52 bits per heavy atom. The van der Waals surface area contributed by atoms with Crippen molar-refractivity contribution in [2.24, 2.45) is 10.9 Å². The van der Waals surface area contributed by atoms with Crippen LogP contribution in [0.15, 0.2) is 4.99 Å².